The number of hydrogen-bond donors (Lipinski definition) is 1. The maximum Gasteiger partial charge on any atom is 0.270 e. The molecule has 0 aromatic carbocycles. The summed E-state index contributed by atoms with van der Waals surface area (Å²) in [5.74, 6) is 0.405. The molecular formula is C13H18ClN5O2. The zero-order valence-corrected chi connectivity index (χ0v) is 13.0. The van der Waals surface area contributed by atoms with E-state index in [1.54, 1.807) is 11.7 Å². The fourth-order valence-corrected chi connectivity index (χ4v) is 2.08. The van der Waals surface area contributed by atoms with Gasteiger partial charge in [0.05, 0.1) is 18.4 Å². The minimum Gasteiger partial charge on any atom is -0.490 e. The Kier molecular flexibility index (Phi) is 4.64. The van der Waals surface area contributed by atoms with E-state index in [1.807, 2.05) is 13.8 Å². The van der Waals surface area contributed by atoms with Gasteiger partial charge in [0.2, 0.25) is 0 Å². The van der Waals surface area contributed by atoms with Crippen molar-refractivity contribution in [3.8, 4) is 5.75 Å². The summed E-state index contributed by atoms with van der Waals surface area (Å²) in [6, 6.07) is 1.28. The molecule has 0 fully saturated rings. The molecule has 0 radical (unpaired) electrons. The highest BCUT2D eigenvalue weighted by Crippen LogP contribution is 2.19. The molecule has 0 amide bonds. The highest BCUT2D eigenvalue weighted by molar-refractivity contribution is 6.30. The van der Waals surface area contributed by atoms with Crippen LogP contribution in [-0.4, -0.2) is 32.2 Å². The number of halogens is 1. The Morgan fingerprint density at radius 1 is 1.52 bits per heavy atom. The third-order valence-electron chi connectivity index (χ3n) is 2.94. The van der Waals surface area contributed by atoms with Gasteiger partial charge in [-0.3, -0.25) is 9.48 Å². The lowest BCUT2D eigenvalue weighted by Crippen LogP contribution is -2.26. The van der Waals surface area contributed by atoms with E-state index >= 15 is 0 Å². The van der Waals surface area contributed by atoms with Crippen molar-refractivity contribution in [3.05, 3.63) is 39.0 Å². The van der Waals surface area contributed by atoms with E-state index in [2.05, 4.69) is 10.2 Å². The fraction of sp³-hybridized carbons (Fsp3) is 0.462. The smallest absolute Gasteiger partial charge is 0.270 e. The molecule has 2 rings (SSSR count). The van der Waals surface area contributed by atoms with E-state index in [0.717, 1.165) is 11.3 Å². The Balaban J connectivity index is 2.20. The lowest BCUT2D eigenvalue weighted by Gasteiger charge is -2.09. The summed E-state index contributed by atoms with van der Waals surface area (Å²) in [6.45, 7) is 4.26. The lowest BCUT2D eigenvalue weighted by atomic mass is 10.2. The number of nitrogens with two attached hydrogens (primary N) is 1. The van der Waals surface area contributed by atoms with Crippen LogP contribution in [0.25, 0.3) is 0 Å². The zero-order valence-electron chi connectivity index (χ0n) is 12.2. The van der Waals surface area contributed by atoms with Crippen LogP contribution in [0.15, 0.2) is 17.1 Å². The maximum absolute atomic E-state index is 12.0. The van der Waals surface area contributed by atoms with Crippen LogP contribution in [0.3, 0.4) is 0 Å². The van der Waals surface area contributed by atoms with E-state index < -0.39 is 0 Å². The summed E-state index contributed by atoms with van der Waals surface area (Å²) < 4.78 is 8.24. The van der Waals surface area contributed by atoms with Crippen LogP contribution in [0.1, 0.15) is 18.2 Å². The Morgan fingerprint density at radius 2 is 2.24 bits per heavy atom. The van der Waals surface area contributed by atoms with Crippen molar-refractivity contribution < 1.29 is 4.74 Å². The molecule has 114 valence electrons. The second-order valence-electron chi connectivity index (χ2n) is 4.95. The topological polar surface area (TPSA) is 88.0 Å². The van der Waals surface area contributed by atoms with Gasteiger partial charge in [0.15, 0.2) is 0 Å². The summed E-state index contributed by atoms with van der Waals surface area (Å²) in [5.41, 5.74) is 6.87. The molecule has 0 bridgehead atoms. The van der Waals surface area contributed by atoms with Gasteiger partial charge >= 0.3 is 0 Å². The van der Waals surface area contributed by atoms with Crippen molar-refractivity contribution in [2.24, 2.45) is 12.8 Å². The average molecular weight is 312 g/mol. The van der Waals surface area contributed by atoms with E-state index in [0.29, 0.717) is 17.5 Å². The first-order valence-corrected chi connectivity index (χ1v) is 6.89. The molecule has 1 unspecified atom stereocenters. The third kappa shape index (κ3) is 3.62. The first kappa shape index (κ1) is 15.5. The first-order valence-electron chi connectivity index (χ1n) is 6.52. The molecule has 1 atom stereocenters. The van der Waals surface area contributed by atoms with E-state index in [1.165, 1.54) is 16.9 Å². The zero-order chi connectivity index (χ0) is 15.6. The molecule has 2 aromatic heterocycles. The Bertz CT molecular complexity index is 692. The van der Waals surface area contributed by atoms with Crippen molar-refractivity contribution in [2.45, 2.75) is 26.4 Å². The first-order chi connectivity index (χ1) is 9.88. The normalized spacial score (nSPS) is 12.4. The summed E-state index contributed by atoms with van der Waals surface area (Å²) in [6.07, 6.45) is 1.49. The molecular weight excluding hydrogens is 294 g/mol. The number of aromatic nitrogens is 4. The molecule has 2 aromatic rings. The van der Waals surface area contributed by atoms with Crippen LogP contribution in [0.5, 0.6) is 5.75 Å². The van der Waals surface area contributed by atoms with Crippen molar-refractivity contribution in [2.75, 3.05) is 6.61 Å². The Labute approximate surface area is 127 Å². The average Bonchev–Trinajstić information content (AvgIpc) is 2.65. The maximum atomic E-state index is 12.0. The van der Waals surface area contributed by atoms with E-state index in [4.69, 9.17) is 22.1 Å². The number of rotatable bonds is 5. The van der Waals surface area contributed by atoms with Crippen LogP contribution in [0, 0.1) is 6.92 Å². The van der Waals surface area contributed by atoms with Gasteiger partial charge in [-0.1, -0.05) is 11.6 Å². The molecule has 0 aliphatic rings. The summed E-state index contributed by atoms with van der Waals surface area (Å²) in [7, 11) is 1.75. The van der Waals surface area contributed by atoms with E-state index in [9.17, 15) is 4.79 Å². The molecule has 21 heavy (non-hydrogen) atoms. The number of ether oxygens (including phenoxy) is 1. The molecule has 2 N–H and O–H groups in total. The van der Waals surface area contributed by atoms with Crippen molar-refractivity contribution in [1.29, 1.82) is 0 Å². The molecule has 8 heteroatoms. The van der Waals surface area contributed by atoms with Crippen molar-refractivity contribution in [1.82, 2.24) is 19.6 Å². The van der Waals surface area contributed by atoms with Gasteiger partial charge in [0.25, 0.3) is 5.56 Å². The van der Waals surface area contributed by atoms with Gasteiger partial charge < -0.3 is 10.5 Å². The minimum atomic E-state index is -0.267. The number of nitrogens with zero attached hydrogens (tertiary/aromatic N) is 4. The number of hydrogen-bond acceptors (Lipinski definition) is 5. The molecule has 0 spiro atoms. The van der Waals surface area contributed by atoms with Crippen LogP contribution < -0.4 is 16.0 Å². The predicted octanol–water partition coefficient (Wildman–Crippen LogP) is 0.713. The summed E-state index contributed by atoms with van der Waals surface area (Å²) in [5, 5.41) is 8.79. The van der Waals surface area contributed by atoms with Crippen LogP contribution in [-0.2, 0) is 13.6 Å². The van der Waals surface area contributed by atoms with Gasteiger partial charge in [-0.05, 0) is 13.8 Å². The molecule has 7 nitrogen and oxygen atoms in total. The largest absolute Gasteiger partial charge is 0.490 e. The predicted molar refractivity (Wildman–Crippen MR) is 79.7 cm³/mol. The summed E-state index contributed by atoms with van der Waals surface area (Å²) in [4.78, 5) is 12.0. The summed E-state index contributed by atoms with van der Waals surface area (Å²) >= 11 is 6.15. The van der Waals surface area contributed by atoms with Gasteiger partial charge in [-0.2, -0.15) is 10.2 Å². The lowest BCUT2D eigenvalue weighted by molar-refractivity contribution is 0.293. The quantitative estimate of drug-likeness (QED) is 0.878. The monoisotopic (exact) mass is 311 g/mol. The van der Waals surface area contributed by atoms with Gasteiger partial charge in [-0.25, -0.2) is 4.68 Å². The molecule has 0 saturated heterocycles. The fourth-order valence-electron chi connectivity index (χ4n) is 1.85. The van der Waals surface area contributed by atoms with Gasteiger partial charge in [-0.15, -0.1) is 0 Å². The van der Waals surface area contributed by atoms with Gasteiger partial charge in [0, 0.05) is 24.7 Å². The van der Waals surface area contributed by atoms with E-state index in [-0.39, 0.29) is 18.1 Å². The standard InChI is InChI=1S/C13H18ClN5O2/c1-8(15)7-21-10-4-12(20)19(16-5-10)6-11-9(2)17-18(3)13(11)14/h4-5,8H,6-7,15H2,1-3H3. The molecule has 0 aliphatic heterocycles. The molecule has 0 aliphatic carbocycles. The Hall–Kier alpha value is -1.86. The second kappa shape index (κ2) is 6.28. The van der Waals surface area contributed by atoms with Crippen LogP contribution >= 0.6 is 11.6 Å². The molecule has 0 saturated carbocycles. The van der Waals surface area contributed by atoms with Gasteiger partial charge in [0.1, 0.15) is 17.5 Å². The minimum absolute atomic E-state index is 0.107. The van der Waals surface area contributed by atoms with Crippen LogP contribution in [0.4, 0.5) is 0 Å². The third-order valence-corrected chi connectivity index (χ3v) is 3.41. The molecule has 2 heterocycles. The highest BCUT2D eigenvalue weighted by atomic mass is 35.5. The number of aryl methyl sites for hydroxylation is 2. The second-order valence-corrected chi connectivity index (χ2v) is 5.31. The SMILES string of the molecule is Cc1nn(C)c(Cl)c1Cn1ncc(OCC(C)N)cc1=O. The van der Waals surface area contributed by atoms with Crippen molar-refractivity contribution >= 4 is 11.6 Å². The highest BCUT2D eigenvalue weighted by Gasteiger charge is 2.13. The van der Waals surface area contributed by atoms with Crippen molar-refractivity contribution in [3.63, 3.8) is 0 Å². The van der Waals surface area contributed by atoms with Crippen LogP contribution in [0.2, 0.25) is 5.15 Å². The Morgan fingerprint density at radius 3 is 2.76 bits per heavy atom.